The molecule has 0 spiro atoms. The highest BCUT2D eigenvalue weighted by atomic mass is 15.0. The molecule has 3 heteroatoms. The highest BCUT2D eigenvalue weighted by Crippen LogP contribution is 2.38. The van der Waals surface area contributed by atoms with Crippen molar-refractivity contribution < 1.29 is 0 Å². The van der Waals surface area contributed by atoms with E-state index in [0.717, 1.165) is 0 Å². The van der Waals surface area contributed by atoms with Crippen LogP contribution >= 0.6 is 0 Å². The summed E-state index contributed by atoms with van der Waals surface area (Å²) in [6.07, 6.45) is 3.93. The van der Waals surface area contributed by atoms with E-state index in [-0.39, 0.29) is 0 Å². The van der Waals surface area contributed by atoms with Gasteiger partial charge in [0.1, 0.15) is 0 Å². The van der Waals surface area contributed by atoms with Gasteiger partial charge in [0.15, 0.2) is 5.95 Å². The van der Waals surface area contributed by atoms with Crippen LogP contribution in [0, 0.1) is 0 Å². The van der Waals surface area contributed by atoms with Crippen LogP contribution in [0.25, 0.3) is 0 Å². The van der Waals surface area contributed by atoms with Crippen LogP contribution in [0.15, 0.2) is 0 Å². The van der Waals surface area contributed by atoms with Gasteiger partial charge in [0.05, 0.1) is 5.69 Å². The van der Waals surface area contributed by atoms with Gasteiger partial charge in [0, 0.05) is 11.6 Å². The van der Waals surface area contributed by atoms with Crippen LogP contribution in [0.2, 0.25) is 0 Å². The van der Waals surface area contributed by atoms with Crippen LogP contribution in [0.5, 0.6) is 0 Å². The van der Waals surface area contributed by atoms with E-state index in [0.29, 0.717) is 17.8 Å². The first-order chi connectivity index (χ1) is 6.18. The summed E-state index contributed by atoms with van der Waals surface area (Å²) in [4.78, 5) is 7.53. The topological polar surface area (TPSA) is 54.7 Å². The first-order valence-corrected chi connectivity index (χ1v) is 5.03. The Morgan fingerprint density at radius 1 is 1.46 bits per heavy atom. The van der Waals surface area contributed by atoms with Crippen molar-refractivity contribution in [3.05, 3.63) is 11.4 Å². The molecule has 0 atom stereocenters. The molecule has 3 N–H and O–H groups in total. The van der Waals surface area contributed by atoms with Gasteiger partial charge in [-0.2, -0.15) is 0 Å². The van der Waals surface area contributed by atoms with Gasteiger partial charge >= 0.3 is 0 Å². The molecule has 2 rings (SSSR count). The SMILES string of the molecule is CC(C)c1nc(N)[nH]c1C1CCC1. The van der Waals surface area contributed by atoms with Crippen molar-refractivity contribution in [2.75, 3.05) is 5.73 Å². The fourth-order valence-corrected chi connectivity index (χ4v) is 1.87. The molecular weight excluding hydrogens is 162 g/mol. The Bertz CT molecular complexity index is 297. The highest BCUT2D eigenvalue weighted by Gasteiger charge is 2.25. The molecule has 1 heterocycles. The number of anilines is 1. The van der Waals surface area contributed by atoms with Gasteiger partial charge in [-0.1, -0.05) is 20.3 Å². The van der Waals surface area contributed by atoms with E-state index < -0.39 is 0 Å². The summed E-state index contributed by atoms with van der Waals surface area (Å²) in [5.74, 6) is 1.75. The summed E-state index contributed by atoms with van der Waals surface area (Å²) < 4.78 is 0. The van der Waals surface area contributed by atoms with Crippen molar-refractivity contribution in [3.63, 3.8) is 0 Å². The van der Waals surface area contributed by atoms with Crippen molar-refractivity contribution >= 4 is 5.95 Å². The standard InChI is InChI=1S/C10H17N3/c1-6(2)8-9(7-4-3-5-7)13-10(11)12-8/h6-7H,3-5H2,1-2H3,(H3,11,12,13). The fourth-order valence-electron chi connectivity index (χ4n) is 1.87. The predicted octanol–water partition coefficient (Wildman–Crippen LogP) is 2.38. The highest BCUT2D eigenvalue weighted by molar-refractivity contribution is 5.31. The Morgan fingerprint density at radius 2 is 2.15 bits per heavy atom. The molecule has 3 nitrogen and oxygen atoms in total. The number of nitrogens with two attached hydrogens (primary N) is 1. The zero-order valence-electron chi connectivity index (χ0n) is 8.30. The molecule has 1 fully saturated rings. The van der Waals surface area contributed by atoms with Crippen LogP contribution in [0.3, 0.4) is 0 Å². The molecule has 72 valence electrons. The summed E-state index contributed by atoms with van der Waals surface area (Å²) in [5.41, 5.74) is 8.13. The number of imidazole rings is 1. The largest absolute Gasteiger partial charge is 0.369 e. The summed E-state index contributed by atoms with van der Waals surface area (Å²) in [6, 6.07) is 0. The lowest BCUT2D eigenvalue weighted by molar-refractivity contribution is 0.408. The lowest BCUT2D eigenvalue weighted by Gasteiger charge is -2.25. The lowest BCUT2D eigenvalue weighted by Crippen LogP contribution is -2.11. The lowest BCUT2D eigenvalue weighted by atomic mass is 9.81. The van der Waals surface area contributed by atoms with Gasteiger partial charge in [0.2, 0.25) is 0 Å². The molecule has 0 amide bonds. The monoisotopic (exact) mass is 179 g/mol. The molecule has 1 aromatic rings. The maximum absolute atomic E-state index is 5.67. The average Bonchev–Trinajstić information content (AvgIpc) is 2.27. The summed E-state index contributed by atoms with van der Waals surface area (Å²) >= 11 is 0. The van der Waals surface area contributed by atoms with E-state index in [1.165, 1.54) is 30.7 Å². The third-order valence-electron chi connectivity index (χ3n) is 2.84. The zero-order chi connectivity index (χ0) is 9.42. The van der Waals surface area contributed by atoms with Crippen LogP contribution < -0.4 is 5.73 Å². The number of nitrogen functional groups attached to an aromatic ring is 1. The molecule has 0 radical (unpaired) electrons. The molecule has 0 saturated heterocycles. The smallest absolute Gasteiger partial charge is 0.197 e. The second-order valence-electron chi connectivity index (χ2n) is 4.20. The molecule has 1 aromatic heterocycles. The summed E-state index contributed by atoms with van der Waals surface area (Å²) in [6.45, 7) is 4.33. The average molecular weight is 179 g/mol. The molecule has 0 aliphatic heterocycles. The minimum absolute atomic E-state index is 0.476. The summed E-state index contributed by atoms with van der Waals surface area (Å²) in [5, 5.41) is 0. The van der Waals surface area contributed by atoms with Crippen LogP contribution in [-0.2, 0) is 0 Å². The Hall–Kier alpha value is -0.990. The van der Waals surface area contributed by atoms with Crippen LogP contribution in [-0.4, -0.2) is 9.97 Å². The molecule has 1 aliphatic carbocycles. The first kappa shape index (κ1) is 8.60. The Kier molecular flexibility index (Phi) is 2.02. The van der Waals surface area contributed by atoms with Gasteiger partial charge in [-0.3, -0.25) is 0 Å². The number of nitrogens with zero attached hydrogens (tertiary/aromatic N) is 1. The van der Waals surface area contributed by atoms with E-state index >= 15 is 0 Å². The molecular formula is C10H17N3. The summed E-state index contributed by atoms with van der Waals surface area (Å²) in [7, 11) is 0. The van der Waals surface area contributed by atoms with E-state index in [1.54, 1.807) is 0 Å². The number of nitrogens with one attached hydrogen (secondary N) is 1. The predicted molar refractivity (Wildman–Crippen MR) is 53.7 cm³/mol. The van der Waals surface area contributed by atoms with Crippen molar-refractivity contribution in [3.8, 4) is 0 Å². The third kappa shape index (κ3) is 1.43. The van der Waals surface area contributed by atoms with Crippen molar-refractivity contribution in [2.24, 2.45) is 0 Å². The van der Waals surface area contributed by atoms with Gasteiger partial charge in [-0.05, 0) is 18.8 Å². The Morgan fingerprint density at radius 3 is 2.62 bits per heavy atom. The van der Waals surface area contributed by atoms with E-state index in [2.05, 4.69) is 23.8 Å². The van der Waals surface area contributed by atoms with E-state index in [4.69, 9.17) is 5.73 Å². The Labute approximate surface area is 78.7 Å². The van der Waals surface area contributed by atoms with E-state index in [9.17, 15) is 0 Å². The third-order valence-corrected chi connectivity index (χ3v) is 2.84. The van der Waals surface area contributed by atoms with Gasteiger partial charge < -0.3 is 10.7 Å². The second kappa shape index (κ2) is 3.05. The Balaban J connectivity index is 2.31. The molecule has 13 heavy (non-hydrogen) atoms. The quantitative estimate of drug-likeness (QED) is 0.732. The van der Waals surface area contributed by atoms with Gasteiger partial charge in [0.25, 0.3) is 0 Å². The number of hydrogen-bond donors (Lipinski definition) is 2. The van der Waals surface area contributed by atoms with Crippen molar-refractivity contribution in [2.45, 2.75) is 44.9 Å². The van der Waals surface area contributed by atoms with Gasteiger partial charge in [-0.25, -0.2) is 4.98 Å². The van der Waals surface area contributed by atoms with E-state index in [1.807, 2.05) is 0 Å². The molecule has 0 bridgehead atoms. The van der Waals surface area contributed by atoms with Crippen molar-refractivity contribution in [1.29, 1.82) is 0 Å². The molecule has 1 saturated carbocycles. The second-order valence-corrected chi connectivity index (χ2v) is 4.20. The minimum atomic E-state index is 0.476. The number of aromatic nitrogens is 2. The number of rotatable bonds is 2. The molecule has 0 unspecified atom stereocenters. The normalized spacial score (nSPS) is 17.8. The maximum Gasteiger partial charge on any atom is 0.197 e. The molecule has 0 aromatic carbocycles. The first-order valence-electron chi connectivity index (χ1n) is 5.03. The van der Waals surface area contributed by atoms with Crippen LogP contribution in [0.1, 0.15) is 56.3 Å². The molecule has 1 aliphatic rings. The zero-order valence-corrected chi connectivity index (χ0v) is 8.30. The number of hydrogen-bond acceptors (Lipinski definition) is 2. The number of H-pyrrole nitrogens is 1. The maximum atomic E-state index is 5.67. The number of aromatic amines is 1. The van der Waals surface area contributed by atoms with Gasteiger partial charge in [-0.15, -0.1) is 0 Å². The minimum Gasteiger partial charge on any atom is -0.369 e. The van der Waals surface area contributed by atoms with Crippen LogP contribution in [0.4, 0.5) is 5.95 Å². The van der Waals surface area contributed by atoms with Crippen molar-refractivity contribution in [1.82, 2.24) is 9.97 Å². The fraction of sp³-hybridized carbons (Fsp3) is 0.700.